The van der Waals surface area contributed by atoms with E-state index in [-0.39, 0.29) is 6.10 Å². The maximum Gasteiger partial charge on any atom is 0.129 e. The van der Waals surface area contributed by atoms with E-state index in [1.807, 2.05) is 30.1 Å². The van der Waals surface area contributed by atoms with Crippen LogP contribution in [0, 0.1) is 0 Å². The van der Waals surface area contributed by atoms with Crippen molar-refractivity contribution in [2.45, 2.75) is 12.5 Å². The van der Waals surface area contributed by atoms with Crippen molar-refractivity contribution in [3.8, 4) is 16.9 Å². The lowest BCUT2D eigenvalue weighted by molar-refractivity contribution is 0.0328. The molecule has 0 radical (unpaired) electrons. The number of rotatable bonds is 4. The van der Waals surface area contributed by atoms with Gasteiger partial charge in [-0.05, 0) is 54.4 Å². The van der Waals surface area contributed by atoms with E-state index >= 15 is 0 Å². The van der Waals surface area contributed by atoms with E-state index in [4.69, 9.17) is 9.47 Å². The molecule has 4 rings (SSSR count). The first-order valence-corrected chi connectivity index (χ1v) is 8.76. The van der Waals surface area contributed by atoms with Crippen molar-refractivity contribution in [3.63, 3.8) is 0 Å². The average molecular weight is 337 g/mol. The molecule has 0 unspecified atom stereocenters. The monoisotopic (exact) mass is 337 g/mol. The van der Waals surface area contributed by atoms with Gasteiger partial charge < -0.3 is 19.4 Å². The number of benzene rings is 1. The highest BCUT2D eigenvalue weighted by Crippen LogP contribution is 2.32. The number of nitrogens with zero attached hydrogens (tertiary/aromatic N) is 2. The Morgan fingerprint density at radius 2 is 2.28 bits per heavy atom. The molecule has 0 amide bonds. The number of aryl methyl sites for hydroxylation is 1. The molecule has 0 spiro atoms. The second-order valence-electron chi connectivity index (χ2n) is 6.47. The van der Waals surface area contributed by atoms with Gasteiger partial charge in [-0.15, -0.1) is 0 Å². The molecular weight excluding hydrogens is 314 g/mol. The third-order valence-electron chi connectivity index (χ3n) is 4.50. The van der Waals surface area contributed by atoms with Crippen LogP contribution in [-0.2, 0) is 11.8 Å². The number of hydrogen-bond acceptors (Lipinski definition) is 4. The molecule has 2 aromatic heterocycles. The van der Waals surface area contributed by atoms with E-state index in [1.165, 1.54) is 0 Å². The molecule has 1 N–H and O–H groups in total. The summed E-state index contributed by atoms with van der Waals surface area (Å²) in [4.78, 5) is 4.51. The van der Waals surface area contributed by atoms with Crippen LogP contribution in [0.2, 0.25) is 0 Å². The van der Waals surface area contributed by atoms with E-state index in [0.29, 0.717) is 6.61 Å². The van der Waals surface area contributed by atoms with Gasteiger partial charge in [-0.3, -0.25) is 4.98 Å². The second kappa shape index (κ2) is 7.25. The van der Waals surface area contributed by atoms with Gasteiger partial charge in [0.05, 0.1) is 5.52 Å². The van der Waals surface area contributed by atoms with Gasteiger partial charge >= 0.3 is 0 Å². The van der Waals surface area contributed by atoms with Gasteiger partial charge in [-0.25, -0.2) is 0 Å². The molecule has 130 valence electrons. The second-order valence-corrected chi connectivity index (χ2v) is 6.47. The quantitative estimate of drug-likeness (QED) is 0.795. The van der Waals surface area contributed by atoms with Crippen LogP contribution >= 0.6 is 0 Å². The minimum Gasteiger partial charge on any atom is -0.490 e. The summed E-state index contributed by atoms with van der Waals surface area (Å²) in [7, 11) is 2.02. The standard InChI is InChI=1S/C20H23N3O2/c1-23-8-5-15(13-23)16-10-19-18(4-2-7-22-19)20(11-16)25-14-17-12-21-6-3-9-24-17/h2,4-5,7-8,10-11,13,17,21H,3,6,9,12,14H2,1H3/t17-/m0/s1. The lowest BCUT2D eigenvalue weighted by Crippen LogP contribution is -2.31. The largest absolute Gasteiger partial charge is 0.490 e. The molecule has 1 aliphatic rings. The summed E-state index contributed by atoms with van der Waals surface area (Å²) >= 11 is 0. The maximum atomic E-state index is 6.17. The van der Waals surface area contributed by atoms with Gasteiger partial charge in [0.25, 0.3) is 0 Å². The first kappa shape index (κ1) is 16.1. The Hall–Kier alpha value is -2.37. The smallest absolute Gasteiger partial charge is 0.129 e. The Morgan fingerprint density at radius 3 is 3.16 bits per heavy atom. The highest BCUT2D eigenvalue weighted by Gasteiger charge is 2.15. The third kappa shape index (κ3) is 3.67. The summed E-state index contributed by atoms with van der Waals surface area (Å²) in [6.07, 6.45) is 7.09. The van der Waals surface area contributed by atoms with E-state index < -0.39 is 0 Å². The molecule has 25 heavy (non-hydrogen) atoms. The maximum absolute atomic E-state index is 6.17. The van der Waals surface area contributed by atoms with Crippen LogP contribution in [-0.4, -0.2) is 42.0 Å². The van der Waals surface area contributed by atoms with Gasteiger partial charge in [0, 0.05) is 44.2 Å². The zero-order valence-electron chi connectivity index (χ0n) is 14.4. The van der Waals surface area contributed by atoms with Crippen molar-refractivity contribution < 1.29 is 9.47 Å². The lowest BCUT2D eigenvalue weighted by atomic mass is 10.1. The molecule has 1 aromatic carbocycles. The fourth-order valence-electron chi connectivity index (χ4n) is 3.17. The molecule has 1 fully saturated rings. The first-order chi connectivity index (χ1) is 12.3. The van der Waals surface area contributed by atoms with E-state index in [0.717, 1.165) is 53.9 Å². The molecule has 1 aliphatic heterocycles. The number of pyridine rings is 1. The molecule has 0 saturated carbocycles. The number of aromatic nitrogens is 2. The van der Waals surface area contributed by atoms with E-state index in [1.54, 1.807) is 0 Å². The predicted molar refractivity (Wildman–Crippen MR) is 98.9 cm³/mol. The summed E-state index contributed by atoms with van der Waals surface area (Å²) in [6.45, 7) is 3.16. The van der Waals surface area contributed by atoms with Crippen molar-refractivity contribution in [1.29, 1.82) is 0 Å². The molecule has 0 aliphatic carbocycles. The van der Waals surface area contributed by atoms with Crippen LogP contribution < -0.4 is 10.1 Å². The number of fused-ring (bicyclic) bond motifs is 1. The molecule has 1 saturated heterocycles. The van der Waals surface area contributed by atoms with Gasteiger partial charge in [-0.1, -0.05) is 0 Å². The zero-order valence-corrected chi connectivity index (χ0v) is 14.4. The highest BCUT2D eigenvalue weighted by atomic mass is 16.5. The van der Waals surface area contributed by atoms with E-state index in [9.17, 15) is 0 Å². The van der Waals surface area contributed by atoms with Gasteiger partial charge in [0.15, 0.2) is 0 Å². The molecule has 5 heteroatoms. The zero-order chi connectivity index (χ0) is 17.1. The lowest BCUT2D eigenvalue weighted by Gasteiger charge is -2.17. The summed E-state index contributed by atoms with van der Waals surface area (Å²) in [6, 6.07) is 10.3. The minimum atomic E-state index is 0.0783. The van der Waals surface area contributed by atoms with Crippen LogP contribution in [0.1, 0.15) is 6.42 Å². The fourth-order valence-corrected chi connectivity index (χ4v) is 3.17. The highest BCUT2D eigenvalue weighted by molar-refractivity contribution is 5.89. The molecular formula is C20H23N3O2. The summed E-state index contributed by atoms with van der Waals surface area (Å²) in [5.74, 6) is 0.859. The van der Waals surface area contributed by atoms with Gasteiger partial charge in [0.1, 0.15) is 18.5 Å². The van der Waals surface area contributed by atoms with Crippen LogP contribution in [0.3, 0.4) is 0 Å². The number of ether oxygens (including phenoxy) is 2. The third-order valence-corrected chi connectivity index (χ3v) is 4.50. The predicted octanol–water partition coefficient (Wildman–Crippen LogP) is 3.00. The van der Waals surface area contributed by atoms with Crippen molar-refractivity contribution in [2.24, 2.45) is 7.05 Å². The Morgan fingerprint density at radius 1 is 1.32 bits per heavy atom. The summed E-state index contributed by atoms with van der Waals surface area (Å²) in [5.41, 5.74) is 3.22. The molecule has 5 nitrogen and oxygen atoms in total. The Bertz CT molecular complexity index is 851. The van der Waals surface area contributed by atoms with Crippen LogP contribution in [0.25, 0.3) is 22.0 Å². The van der Waals surface area contributed by atoms with Crippen molar-refractivity contribution in [1.82, 2.24) is 14.9 Å². The molecule has 3 aromatic rings. The van der Waals surface area contributed by atoms with Crippen molar-refractivity contribution >= 4 is 10.9 Å². The molecule has 3 heterocycles. The fraction of sp³-hybridized carbons (Fsp3) is 0.350. The van der Waals surface area contributed by atoms with Gasteiger partial charge in [0.2, 0.25) is 0 Å². The van der Waals surface area contributed by atoms with Crippen LogP contribution in [0.4, 0.5) is 0 Å². The summed E-state index contributed by atoms with van der Waals surface area (Å²) < 4.78 is 14.1. The SMILES string of the molecule is Cn1ccc(-c2cc(OC[C@@H]3CNCCCO3)c3cccnc3c2)c1. The topological polar surface area (TPSA) is 48.3 Å². The first-order valence-electron chi connectivity index (χ1n) is 8.76. The summed E-state index contributed by atoms with van der Waals surface area (Å²) in [5, 5.41) is 4.42. The normalized spacial score (nSPS) is 18.2. The van der Waals surface area contributed by atoms with E-state index in [2.05, 4.69) is 40.8 Å². The minimum absolute atomic E-state index is 0.0783. The number of hydrogen-bond donors (Lipinski definition) is 1. The van der Waals surface area contributed by atoms with Crippen molar-refractivity contribution in [3.05, 3.63) is 48.9 Å². The van der Waals surface area contributed by atoms with Gasteiger partial charge in [-0.2, -0.15) is 0 Å². The molecule has 1 atom stereocenters. The Kier molecular flexibility index (Phi) is 4.68. The molecule has 0 bridgehead atoms. The average Bonchev–Trinajstić information content (AvgIpc) is 2.91. The van der Waals surface area contributed by atoms with Crippen LogP contribution in [0.15, 0.2) is 48.9 Å². The van der Waals surface area contributed by atoms with Crippen LogP contribution in [0.5, 0.6) is 5.75 Å². The Balaban J connectivity index is 1.64. The Labute approximate surface area is 147 Å². The van der Waals surface area contributed by atoms with Crippen molar-refractivity contribution in [2.75, 3.05) is 26.3 Å². The number of nitrogens with one attached hydrogen (secondary N) is 1.